The molecule has 0 bridgehead atoms. The van der Waals surface area contributed by atoms with E-state index >= 15 is 0 Å². The summed E-state index contributed by atoms with van der Waals surface area (Å²) in [5.74, 6) is 0.780. The molecule has 1 atom stereocenters. The predicted octanol–water partition coefficient (Wildman–Crippen LogP) is 3.30. The Labute approximate surface area is 121 Å². The number of nitrogens with one attached hydrogen (secondary N) is 1. The van der Waals surface area contributed by atoms with Gasteiger partial charge < -0.3 is 5.32 Å². The minimum absolute atomic E-state index is 0.226. The SMILES string of the molecule is CNC(c1cccc(C2CCC2)c1)c1cnn(C)c1C. The van der Waals surface area contributed by atoms with Crippen LogP contribution in [-0.4, -0.2) is 16.8 Å². The quantitative estimate of drug-likeness (QED) is 0.923. The molecule has 3 rings (SSSR count). The van der Waals surface area contributed by atoms with Crippen molar-refractivity contribution < 1.29 is 0 Å². The molecule has 1 saturated carbocycles. The van der Waals surface area contributed by atoms with Crippen LogP contribution in [0.25, 0.3) is 0 Å². The van der Waals surface area contributed by atoms with E-state index in [0.29, 0.717) is 0 Å². The summed E-state index contributed by atoms with van der Waals surface area (Å²) in [6.07, 6.45) is 6.05. The normalized spacial score (nSPS) is 16.9. The lowest BCUT2D eigenvalue weighted by atomic mass is 9.79. The highest BCUT2D eigenvalue weighted by Crippen LogP contribution is 2.37. The maximum Gasteiger partial charge on any atom is 0.0608 e. The first-order chi connectivity index (χ1) is 9.70. The Morgan fingerprint density at radius 3 is 2.70 bits per heavy atom. The van der Waals surface area contributed by atoms with Gasteiger partial charge in [0.15, 0.2) is 0 Å². The Bertz CT molecular complexity index is 596. The lowest BCUT2D eigenvalue weighted by molar-refractivity contribution is 0.419. The fraction of sp³-hybridized carbons (Fsp3) is 0.471. The molecule has 1 aromatic heterocycles. The molecule has 0 amide bonds. The summed E-state index contributed by atoms with van der Waals surface area (Å²) in [6, 6.07) is 9.28. The molecule has 1 aliphatic rings. The first-order valence-corrected chi connectivity index (χ1v) is 7.46. The second-order valence-electron chi connectivity index (χ2n) is 5.83. The van der Waals surface area contributed by atoms with E-state index in [0.717, 1.165) is 5.92 Å². The molecule has 0 saturated heterocycles. The predicted molar refractivity (Wildman–Crippen MR) is 81.9 cm³/mol. The third-order valence-corrected chi connectivity index (χ3v) is 4.69. The highest BCUT2D eigenvalue weighted by molar-refractivity contribution is 5.36. The van der Waals surface area contributed by atoms with Gasteiger partial charge in [0.05, 0.1) is 12.2 Å². The molecule has 1 aromatic carbocycles. The van der Waals surface area contributed by atoms with E-state index in [-0.39, 0.29) is 6.04 Å². The van der Waals surface area contributed by atoms with Gasteiger partial charge in [0, 0.05) is 18.3 Å². The lowest BCUT2D eigenvalue weighted by Gasteiger charge is -2.27. The van der Waals surface area contributed by atoms with Crippen LogP contribution < -0.4 is 5.32 Å². The molecule has 0 aliphatic heterocycles. The Kier molecular flexibility index (Phi) is 3.62. The van der Waals surface area contributed by atoms with Crippen molar-refractivity contribution in [3.05, 3.63) is 52.8 Å². The van der Waals surface area contributed by atoms with E-state index in [1.807, 2.05) is 25.0 Å². The number of aryl methyl sites for hydroxylation is 1. The largest absolute Gasteiger partial charge is 0.309 e. The van der Waals surface area contributed by atoms with Crippen LogP contribution in [0.2, 0.25) is 0 Å². The van der Waals surface area contributed by atoms with Crippen molar-refractivity contribution in [1.82, 2.24) is 15.1 Å². The second-order valence-corrected chi connectivity index (χ2v) is 5.83. The molecule has 2 aromatic rings. The van der Waals surface area contributed by atoms with Gasteiger partial charge in [0.2, 0.25) is 0 Å². The lowest BCUT2D eigenvalue weighted by Crippen LogP contribution is -2.19. The number of benzene rings is 1. The summed E-state index contributed by atoms with van der Waals surface area (Å²) in [7, 11) is 4.02. The van der Waals surface area contributed by atoms with Gasteiger partial charge in [-0.1, -0.05) is 30.7 Å². The zero-order valence-electron chi connectivity index (χ0n) is 12.6. The first kappa shape index (κ1) is 13.4. The summed E-state index contributed by atoms with van der Waals surface area (Å²) in [5.41, 5.74) is 5.32. The number of hydrogen-bond donors (Lipinski definition) is 1. The van der Waals surface area contributed by atoms with Crippen LogP contribution in [0.3, 0.4) is 0 Å². The Balaban J connectivity index is 1.94. The van der Waals surface area contributed by atoms with Crippen molar-refractivity contribution in [2.45, 2.75) is 38.1 Å². The van der Waals surface area contributed by atoms with Crippen molar-refractivity contribution in [3.63, 3.8) is 0 Å². The van der Waals surface area contributed by atoms with Crippen molar-refractivity contribution in [1.29, 1.82) is 0 Å². The third kappa shape index (κ3) is 2.27. The average Bonchev–Trinajstić information content (AvgIpc) is 2.71. The zero-order valence-corrected chi connectivity index (χ0v) is 12.6. The van der Waals surface area contributed by atoms with E-state index in [1.54, 1.807) is 0 Å². The summed E-state index contributed by atoms with van der Waals surface area (Å²) < 4.78 is 1.94. The monoisotopic (exact) mass is 269 g/mol. The van der Waals surface area contributed by atoms with E-state index in [1.165, 1.54) is 41.6 Å². The molecular weight excluding hydrogens is 246 g/mol. The van der Waals surface area contributed by atoms with Gasteiger partial charge in [-0.2, -0.15) is 5.10 Å². The summed E-state index contributed by atoms with van der Waals surface area (Å²) in [4.78, 5) is 0. The van der Waals surface area contributed by atoms with Crippen molar-refractivity contribution in [2.24, 2.45) is 7.05 Å². The highest BCUT2D eigenvalue weighted by atomic mass is 15.3. The van der Waals surface area contributed by atoms with Gasteiger partial charge in [0.25, 0.3) is 0 Å². The van der Waals surface area contributed by atoms with Gasteiger partial charge in [-0.05, 0) is 43.9 Å². The molecule has 1 fully saturated rings. The van der Waals surface area contributed by atoms with Gasteiger partial charge >= 0.3 is 0 Å². The standard InChI is InChI=1S/C17H23N3/c1-12-16(11-19-20(12)3)17(18-2)15-9-5-8-14(10-15)13-6-4-7-13/h5,8-11,13,17-18H,4,6-7H2,1-3H3. The molecule has 0 radical (unpaired) electrons. The van der Waals surface area contributed by atoms with Crippen LogP contribution in [0.15, 0.2) is 30.5 Å². The van der Waals surface area contributed by atoms with Crippen LogP contribution in [0, 0.1) is 6.92 Å². The van der Waals surface area contributed by atoms with Gasteiger partial charge in [-0.3, -0.25) is 4.68 Å². The van der Waals surface area contributed by atoms with E-state index < -0.39 is 0 Å². The highest BCUT2D eigenvalue weighted by Gasteiger charge is 2.22. The molecule has 3 heteroatoms. The number of hydrogen-bond acceptors (Lipinski definition) is 2. The maximum atomic E-state index is 4.37. The van der Waals surface area contributed by atoms with Gasteiger partial charge in [0.1, 0.15) is 0 Å². The third-order valence-electron chi connectivity index (χ3n) is 4.69. The zero-order chi connectivity index (χ0) is 14.1. The van der Waals surface area contributed by atoms with Crippen molar-refractivity contribution in [2.75, 3.05) is 7.05 Å². The molecule has 1 N–H and O–H groups in total. The molecular formula is C17H23N3. The van der Waals surface area contributed by atoms with Gasteiger partial charge in [-0.25, -0.2) is 0 Å². The van der Waals surface area contributed by atoms with Gasteiger partial charge in [-0.15, -0.1) is 0 Å². The topological polar surface area (TPSA) is 29.9 Å². The van der Waals surface area contributed by atoms with E-state index in [4.69, 9.17) is 0 Å². The molecule has 1 unspecified atom stereocenters. The number of rotatable bonds is 4. The minimum Gasteiger partial charge on any atom is -0.309 e. The first-order valence-electron chi connectivity index (χ1n) is 7.46. The summed E-state index contributed by atoms with van der Waals surface area (Å²) in [6.45, 7) is 2.13. The van der Waals surface area contributed by atoms with E-state index in [9.17, 15) is 0 Å². The smallest absolute Gasteiger partial charge is 0.0608 e. The second kappa shape index (κ2) is 5.41. The molecule has 3 nitrogen and oxygen atoms in total. The Morgan fingerprint density at radius 2 is 2.15 bits per heavy atom. The van der Waals surface area contributed by atoms with Crippen LogP contribution in [0.4, 0.5) is 0 Å². The van der Waals surface area contributed by atoms with Crippen LogP contribution in [0.1, 0.15) is 53.6 Å². The minimum atomic E-state index is 0.226. The van der Waals surface area contributed by atoms with Crippen molar-refractivity contribution >= 4 is 0 Å². The molecule has 0 spiro atoms. The van der Waals surface area contributed by atoms with Crippen LogP contribution in [-0.2, 0) is 7.05 Å². The van der Waals surface area contributed by atoms with Crippen LogP contribution >= 0.6 is 0 Å². The number of aromatic nitrogens is 2. The fourth-order valence-corrected chi connectivity index (χ4v) is 3.03. The average molecular weight is 269 g/mol. The molecule has 20 heavy (non-hydrogen) atoms. The van der Waals surface area contributed by atoms with Crippen molar-refractivity contribution in [3.8, 4) is 0 Å². The molecule has 1 aliphatic carbocycles. The molecule has 106 valence electrons. The van der Waals surface area contributed by atoms with E-state index in [2.05, 4.69) is 41.6 Å². The van der Waals surface area contributed by atoms with Crippen LogP contribution in [0.5, 0.6) is 0 Å². The summed E-state index contributed by atoms with van der Waals surface area (Å²) in [5, 5.41) is 7.81. The molecule has 1 heterocycles. The Morgan fingerprint density at radius 1 is 1.35 bits per heavy atom. The Hall–Kier alpha value is -1.61. The number of nitrogens with zero attached hydrogens (tertiary/aromatic N) is 2. The maximum absolute atomic E-state index is 4.37. The fourth-order valence-electron chi connectivity index (χ4n) is 3.03. The summed E-state index contributed by atoms with van der Waals surface area (Å²) >= 11 is 0.